The Hall–Kier alpha value is -2.80. The molecule has 0 atom stereocenters. The van der Waals surface area contributed by atoms with E-state index in [1.54, 1.807) is 22.0 Å². The lowest BCUT2D eigenvalue weighted by atomic mass is 9.97. The fourth-order valence-corrected chi connectivity index (χ4v) is 5.13. The zero-order valence-electron chi connectivity index (χ0n) is 15.5. The van der Waals surface area contributed by atoms with E-state index in [2.05, 4.69) is 11.9 Å². The van der Waals surface area contributed by atoms with Crippen LogP contribution in [0.3, 0.4) is 0 Å². The number of ether oxygens (including phenoxy) is 2. The van der Waals surface area contributed by atoms with Crippen molar-refractivity contribution in [2.24, 2.45) is 0 Å². The van der Waals surface area contributed by atoms with Crippen molar-refractivity contribution in [2.45, 2.75) is 32.2 Å². The summed E-state index contributed by atoms with van der Waals surface area (Å²) in [7, 11) is 0. The van der Waals surface area contributed by atoms with Crippen molar-refractivity contribution in [2.75, 3.05) is 18.5 Å². The molecule has 0 unspecified atom stereocenters. The summed E-state index contributed by atoms with van der Waals surface area (Å²) in [6.07, 6.45) is 6.06. The number of allylic oxidation sites excluding steroid dienone is 1. The van der Waals surface area contributed by atoms with Gasteiger partial charge in [0.15, 0.2) is 11.5 Å². The SMILES string of the molecule is C=CCn1c(Nc2ccc3c(c2)OCCO3)nc2sc3c(c2c1=O)CCCC3. The molecule has 3 heterocycles. The molecule has 3 aromatic rings. The molecule has 0 saturated carbocycles. The Bertz CT molecular complexity index is 1130. The summed E-state index contributed by atoms with van der Waals surface area (Å²) in [6, 6.07) is 5.65. The molecule has 5 rings (SSSR count). The van der Waals surface area contributed by atoms with Gasteiger partial charge in [0.2, 0.25) is 5.95 Å². The summed E-state index contributed by atoms with van der Waals surface area (Å²) in [5.41, 5.74) is 2.01. The maximum atomic E-state index is 13.3. The molecule has 28 heavy (non-hydrogen) atoms. The fraction of sp³-hybridized carbons (Fsp3) is 0.333. The molecule has 0 radical (unpaired) electrons. The van der Waals surface area contributed by atoms with E-state index in [0.717, 1.165) is 40.9 Å². The smallest absolute Gasteiger partial charge is 0.264 e. The molecule has 6 nitrogen and oxygen atoms in total. The summed E-state index contributed by atoms with van der Waals surface area (Å²) < 4.78 is 12.9. The van der Waals surface area contributed by atoms with Crippen LogP contribution in [0.25, 0.3) is 10.2 Å². The number of aromatic nitrogens is 2. The highest BCUT2D eigenvalue weighted by Crippen LogP contribution is 2.36. The van der Waals surface area contributed by atoms with Crippen molar-refractivity contribution >= 4 is 33.2 Å². The van der Waals surface area contributed by atoms with E-state index in [9.17, 15) is 4.79 Å². The normalized spacial score (nSPS) is 15.3. The van der Waals surface area contributed by atoms with E-state index in [4.69, 9.17) is 14.5 Å². The minimum Gasteiger partial charge on any atom is -0.486 e. The van der Waals surface area contributed by atoms with Crippen molar-refractivity contribution < 1.29 is 9.47 Å². The number of thiophene rings is 1. The zero-order valence-corrected chi connectivity index (χ0v) is 16.3. The summed E-state index contributed by atoms with van der Waals surface area (Å²) in [5, 5.41) is 4.08. The molecule has 1 aromatic carbocycles. The molecular formula is C21H21N3O3S. The highest BCUT2D eigenvalue weighted by atomic mass is 32.1. The molecule has 2 aromatic heterocycles. The first-order chi connectivity index (χ1) is 13.7. The van der Waals surface area contributed by atoms with E-state index in [1.165, 1.54) is 16.9 Å². The van der Waals surface area contributed by atoms with Crippen LogP contribution in [0, 0.1) is 0 Å². The van der Waals surface area contributed by atoms with Gasteiger partial charge in [-0.1, -0.05) is 6.08 Å². The first kappa shape index (κ1) is 17.3. The Morgan fingerprint density at radius 2 is 2.04 bits per heavy atom. The van der Waals surface area contributed by atoms with Gasteiger partial charge in [0.05, 0.1) is 5.39 Å². The summed E-state index contributed by atoms with van der Waals surface area (Å²) >= 11 is 1.65. The highest BCUT2D eigenvalue weighted by molar-refractivity contribution is 7.18. The predicted octanol–water partition coefficient (Wildman–Crippen LogP) is 4.04. The van der Waals surface area contributed by atoms with E-state index >= 15 is 0 Å². The van der Waals surface area contributed by atoms with Gasteiger partial charge in [0.1, 0.15) is 18.0 Å². The van der Waals surface area contributed by atoms with Crippen LogP contribution in [-0.4, -0.2) is 22.8 Å². The fourth-order valence-electron chi connectivity index (χ4n) is 3.88. The summed E-state index contributed by atoms with van der Waals surface area (Å²) in [6.45, 7) is 5.30. The quantitative estimate of drug-likeness (QED) is 0.676. The highest BCUT2D eigenvalue weighted by Gasteiger charge is 2.22. The molecule has 2 aliphatic rings. The van der Waals surface area contributed by atoms with E-state index in [0.29, 0.717) is 31.5 Å². The number of aryl methyl sites for hydroxylation is 2. The van der Waals surface area contributed by atoms with Gasteiger partial charge in [-0.05, 0) is 43.4 Å². The third-order valence-corrected chi connectivity index (χ3v) is 6.37. The second-order valence-corrected chi connectivity index (χ2v) is 8.10. The Morgan fingerprint density at radius 3 is 2.89 bits per heavy atom. The lowest BCUT2D eigenvalue weighted by molar-refractivity contribution is 0.171. The molecule has 1 N–H and O–H groups in total. The van der Waals surface area contributed by atoms with Crippen molar-refractivity contribution in [3.63, 3.8) is 0 Å². The van der Waals surface area contributed by atoms with Gasteiger partial charge in [-0.2, -0.15) is 0 Å². The standard InChI is InChI=1S/C21H21N3O3S/c1-2-9-24-20(25)18-14-5-3-4-6-17(14)28-19(18)23-21(24)22-13-7-8-15-16(12-13)27-11-10-26-15/h2,7-8,12H,1,3-6,9-11H2,(H,22,23). The second kappa shape index (κ2) is 6.98. The van der Waals surface area contributed by atoms with Gasteiger partial charge < -0.3 is 14.8 Å². The molecule has 144 valence electrons. The topological polar surface area (TPSA) is 65.4 Å². The van der Waals surface area contributed by atoms with Crippen molar-refractivity contribution in [3.8, 4) is 11.5 Å². The third-order valence-electron chi connectivity index (χ3n) is 5.18. The van der Waals surface area contributed by atoms with Crippen molar-refractivity contribution in [1.29, 1.82) is 0 Å². The summed E-state index contributed by atoms with van der Waals surface area (Å²) in [4.78, 5) is 20.2. The number of nitrogens with zero attached hydrogens (tertiary/aromatic N) is 2. The van der Waals surface area contributed by atoms with Gasteiger partial charge in [0.25, 0.3) is 5.56 Å². The number of hydrogen-bond acceptors (Lipinski definition) is 6. The maximum Gasteiger partial charge on any atom is 0.264 e. The largest absolute Gasteiger partial charge is 0.486 e. The molecular weight excluding hydrogens is 374 g/mol. The summed E-state index contributed by atoms with van der Waals surface area (Å²) in [5.74, 6) is 1.95. The number of benzene rings is 1. The first-order valence-electron chi connectivity index (χ1n) is 9.57. The second-order valence-electron chi connectivity index (χ2n) is 7.01. The zero-order chi connectivity index (χ0) is 19.1. The van der Waals surface area contributed by atoms with Crippen LogP contribution in [0.15, 0.2) is 35.6 Å². The van der Waals surface area contributed by atoms with Gasteiger partial charge in [0, 0.05) is 23.2 Å². The molecule has 0 amide bonds. The van der Waals surface area contributed by atoms with Crippen LogP contribution in [-0.2, 0) is 19.4 Å². The van der Waals surface area contributed by atoms with Crippen molar-refractivity contribution in [1.82, 2.24) is 9.55 Å². The van der Waals surface area contributed by atoms with Gasteiger partial charge in [-0.25, -0.2) is 4.98 Å². The number of anilines is 2. The maximum absolute atomic E-state index is 13.3. The third kappa shape index (κ3) is 2.86. The van der Waals surface area contributed by atoms with Crippen molar-refractivity contribution in [3.05, 3.63) is 51.6 Å². The lowest BCUT2D eigenvalue weighted by Gasteiger charge is -2.19. The van der Waals surface area contributed by atoms with Crippen LogP contribution in [0.4, 0.5) is 11.6 Å². The predicted molar refractivity (Wildman–Crippen MR) is 111 cm³/mol. The Balaban J connectivity index is 1.61. The average molecular weight is 395 g/mol. The molecule has 1 aliphatic heterocycles. The molecule has 0 spiro atoms. The molecule has 0 fully saturated rings. The number of hydrogen-bond donors (Lipinski definition) is 1. The van der Waals surface area contributed by atoms with Crippen LogP contribution in [0.1, 0.15) is 23.3 Å². The van der Waals surface area contributed by atoms with Gasteiger partial charge >= 0.3 is 0 Å². The minimum absolute atomic E-state index is 0.00402. The number of fused-ring (bicyclic) bond motifs is 4. The average Bonchev–Trinajstić information content (AvgIpc) is 3.09. The van der Waals surface area contributed by atoms with Gasteiger partial charge in [-0.15, -0.1) is 17.9 Å². The monoisotopic (exact) mass is 395 g/mol. The van der Waals surface area contributed by atoms with Crippen LogP contribution >= 0.6 is 11.3 Å². The molecule has 0 saturated heterocycles. The van der Waals surface area contributed by atoms with Crippen LogP contribution in [0.2, 0.25) is 0 Å². The molecule has 7 heteroatoms. The number of nitrogens with one attached hydrogen (secondary N) is 1. The molecule has 1 aliphatic carbocycles. The lowest BCUT2D eigenvalue weighted by Crippen LogP contribution is -2.24. The van der Waals surface area contributed by atoms with E-state index in [1.807, 2.05) is 18.2 Å². The van der Waals surface area contributed by atoms with Crippen LogP contribution in [0.5, 0.6) is 11.5 Å². The van der Waals surface area contributed by atoms with E-state index in [-0.39, 0.29) is 5.56 Å². The Labute approximate surface area is 166 Å². The van der Waals surface area contributed by atoms with Crippen LogP contribution < -0.4 is 20.3 Å². The number of rotatable bonds is 4. The minimum atomic E-state index is 0.00402. The Morgan fingerprint density at radius 1 is 1.21 bits per heavy atom. The molecule has 0 bridgehead atoms. The van der Waals surface area contributed by atoms with Gasteiger partial charge in [-0.3, -0.25) is 9.36 Å². The van der Waals surface area contributed by atoms with E-state index < -0.39 is 0 Å². The Kier molecular flexibility index (Phi) is 4.31. The first-order valence-corrected chi connectivity index (χ1v) is 10.4.